The average Bonchev–Trinajstić information content (AvgIpc) is 3.26. The normalized spacial score (nSPS) is 15.8. The Morgan fingerprint density at radius 3 is 2.34 bits per heavy atom. The fourth-order valence-corrected chi connectivity index (χ4v) is 6.15. The highest BCUT2D eigenvalue weighted by atomic mass is 16.4. The van der Waals surface area contributed by atoms with E-state index in [-0.39, 0.29) is 5.69 Å². The van der Waals surface area contributed by atoms with Gasteiger partial charge in [-0.15, -0.1) is 0 Å². The first kappa shape index (κ1) is 24.2. The van der Waals surface area contributed by atoms with E-state index in [0.717, 1.165) is 58.5 Å². The number of aromatic nitrogens is 4. The van der Waals surface area contributed by atoms with Crippen LogP contribution in [0, 0.1) is 0 Å². The van der Waals surface area contributed by atoms with E-state index < -0.39 is 17.2 Å². The first-order chi connectivity index (χ1) is 18.2. The monoisotopic (exact) mass is 509 g/mol. The van der Waals surface area contributed by atoms with Gasteiger partial charge < -0.3 is 5.11 Å². The second kappa shape index (κ2) is 8.68. The fourth-order valence-electron chi connectivity index (χ4n) is 6.15. The number of amides is 1. The molecule has 1 aliphatic heterocycles. The third kappa shape index (κ3) is 3.74. The van der Waals surface area contributed by atoms with E-state index in [1.165, 1.54) is 0 Å². The zero-order chi connectivity index (χ0) is 26.7. The van der Waals surface area contributed by atoms with Gasteiger partial charge in [0.1, 0.15) is 0 Å². The lowest BCUT2D eigenvalue weighted by atomic mass is 9.69. The lowest BCUT2D eigenvalue weighted by Crippen LogP contribution is -2.60. The minimum atomic E-state index is -0.888. The molecule has 38 heavy (non-hydrogen) atoms. The number of hydrogen-bond acceptors (Lipinski definition) is 4. The lowest BCUT2D eigenvalue weighted by Gasteiger charge is -2.54. The standard InChI is InChI=1S/C30H31N5O3/c1-29(2,3)35(28(37)38)30(15-7-16-30)21-12-10-20(11-13-21)25-22(19-8-5-4-6-9-19)18-23-24(31-25)14-17-34-26(23)32-33-27(34)36/h4-6,8-13,18H,7,14-17H2,1-3H3,(H,33,36)(H,37,38). The van der Waals surface area contributed by atoms with Crippen molar-refractivity contribution in [2.45, 2.75) is 64.1 Å². The summed E-state index contributed by atoms with van der Waals surface area (Å²) < 4.78 is 1.66. The quantitative estimate of drug-likeness (QED) is 0.368. The van der Waals surface area contributed by atoms with Crippen molar-refractivity contribution in [2.75, 3.05) is 0 Å². The maximum atomic E-state index is 12.4. The summed E-state index contributed by atoms with van der Waals surface area (Å²) in [5.41, 5.74) is 5.37. The summed E-state index contributed by atoms with van der Waals surface area (Å²) in [6, 6.07) is 20.4. The molecule has 2 aromatic heterocycles. The largest absolute Gasteiger partial charge is 0.465 e. The van der Waals surface area contributed by atoms with Gasteiger partial charge in [0.05, 0.1) is 16.9 Å². The van der Waals surface area contributed by atoms with Crippen LogP contribution in [0.15, 0.2) is 65.5 Å². The summed E-state index contributed by atoms with van der Waals surface area (Å²) in [6.45, 7) is 6.40. The number of H-pyrrole nitrogens is 1. The van der Waals surface area contributed by atoms with Crippen LogP contribution >= 0.6 is 0 Å². The lowest BCUT2D eigenvalue weighted by molar-refractivity contribution is -0.0328. The highest BCUT2D eigenvalue weighted by Gasteiger charge is 2.50. The summed E-state index contributed by atoms with van der Waals surface area (Å²) in [5, 5.41) is 17.0. The van der Waals surface area contributed by atoms with Crippen LogP contribution in [-0.4, -0.2) is 41.4 Å². The Balaban J connectivity index is 1.47. The molecule has 3 heterocycles. The molecule has 1 saturated carbocycles. The summed E-state index contributed by atoms with van der Waals surface area (Å²) in [7, 11) is 0. The molecule has 6 rings (SSSR count). The summed E-state index contributed by atoms with van der Waals surface area (Å²) in [4.78, 5) is 31.3. The van der Waals surface area contributed by atoms with Crippen LogP contribution in [0.25, 0.3) is 33.8 Å². The molecule has 194 valence electrons. The van der Waals surface area contributed by atoms with E-state index >= 15 is 0 Å². The molecule has 0 radical (unpaired) electrons. The van der Waals surface area contributed by atoms with Gasteiger partial charge in [-0.05, 0) is 57.2 Å². The van der Waals surface area contributed by atoms with E-state index in [0.29, 0.717) is 18.8 Å². The molecule has 4 aromatic rings. The second-order valence-corrected chi connectivity index (χ2v) is 11.3. The van der Waals surface area contributed by atoms with Gasteiger partial charge in [-0.3, -0.25) is 14.5 Å². The van der Waals surface area contributed by atoms with Crippen molar-refractivity contribution in [1.82, 2.24) is 24.6 Å². The minimum absolute atomic E-state index is 0.206. The van der Waals surface area contributed by atoms with E-state index in [9.17, 15) is 14.7 Å². The molecular formula is C30H31N5O3. The minimum Gasteiger partial charge on any atom is -0.465 e. The molecule has 1 fully saturated rings. The van der Waals surface area contributed by atoms with Gasteiger partial charge in [-0.1, -0.05) is 54.6 Å². The predicted molar refractivity (Wildman–Crippen MR) is 146 cm³/mol. The molecule has 2 aliphatic rings. The van der Waals surface area contributed by atoms with Gasteiger partial charge in [0.25, 0.3) is 0 Å². The number of carbonyl (C=O) groups is 1. The molecule has 0 bridgehead atoms. The topological polar surface area (TPSA) is 104 Å². The summed E-state index contributed by atoms with van der Waals surface area (Å²) in [6.07, 6.45) is 2.39. The average molecular weight is 510 g/mol. The molecule has 8 nitrogen and oxygen atoms in total. The molecule has 8 heteroatoms. The van der Waals surface area contributed by atoms with E-state index in [4.69, 9.17) is 4.98 Å². The van der Waals surface area contributed by atoms with Gasteiger partial charge in [0.15, 0.2) is 5.82 Å². The van der Waals surface area contributed by atoms with Crippen molar-refractivity contribution >= 4 is 6.09 Å². The zero-order valence-electron chi connectivity index (χ0n) is 21.9. The van der Waals surface area contributed by atoms with E-state index in [2.05, 4.69) is 52.7 Å². The fraction of sp³-hybridized carbons (Fsp3) is 0.333. The molecule has 0 unspecified atom stereocenters. The van der Waals surface area contributed by atoms with Crippen LogP contribution in [0.3, 0.4) is 0 Å². The Hall–Kier alpha value is -4.20. The molecular weight excluding hydrogens is 478 g/mol. The van der Waals surface area contributed by atoms with E-state index in [1.54, 1.807) is 9.47 Å². The van der Waals surface area contributed by atoms with Crippen molar-refractivity contribution in [3.05, 3.63) is 82.4 Å². The molecule has 0 spiro atoms. The van der Waals surface area contributed by atoms with Gasteiger partial charge in [0.2, 0.25) is 0 Å². The Bertz CT molecular complexity index is 1580. The molecule has 0 saturated heterocycles. The number of nitrogens with zero attached hydrogens (tertiary/aromatic N) is 4. The summed E-state index contributed by atoms with van der Waals surface area (Å²) in [5.74, 6) is 0.616. The number of benzene rings is 2. The number of aryl methyl sites for hydroxylation is 1. The summed E-state index contributed by atoms with van der Waals surface area (Å²) >= 11 is 0. The number of nitrogens with one attached hydrogen (secondary N) is 1. The van der Waals surface area contributed by atoms with Gasteiger partial charge in [-0.2, -0.15) is 5.10 Å². The number of rotatable bonds is 4. The van der Waals surface area contributed by atoms with Crippen LogP contribution < -0.4 is 5.69 Å². The molecule has 2 N–H and O–H groups in total. The Kier molecular flexibility index (Phi) is 5.52. The Morgan fingerprint density at radius 2 is 1.74 bits per heavy atom. The zero-order valence-corrected chi connectivity index (χ0v) is 21.9. The van der Waals surface area contributed by atoms with Gasteiger partial charge >= 0.3 is 11.8 Å². The van der Waals surface area contributed by atoms with Crippen molar-refractivity contribution in [2.24, 2.45) is 0 Å². The number of fused-ring (bicyclic) bond motifs is 3. The van der Waals surface area contributed by atoms with E-state index in [1.807, 2.05) is 39.0 Å². The number of hydrogen-bond donors (Lipinski definition) is 2. The second-order valence-electron chi connectivity index (χ2n) is 11.3. The van der Waals surface area contributed by atoms with Crippen molar-refractivity contribution < 1.29 is 9.90 Å². The third-order valence-corrected chi connectivity index (χ3v) is 7.92. The van der Waals surface area contributed by atoms with Gasteiger partial charge in [-0.25, -0.2) is 14.7 Å². The Morgan fingerprint density at radius 1 is 1.03 bits per heavy atom. The molecule has 1 aliphatic carbocycles. The van der Waals surface area contributed by atoms with Gasteiger partial charge in [0, 0.05) is 35.2 Å². The highest BCUT2D eigenvalue weighted by Crippen LogP contribution is 2.50. The van der Waals surface area contributed by atoms with Crippen LogP contribution in [0.5, 0.6) is 0 Å². The van der Waals surface area contributed by atoms with Crippen LogP contribution in [0.1, 0.15) is 51.3 Å². The highest BCUT2D eigenvalue weighted by molar-refractivity contribution is 5.84. The molecule has 1 amide bonds. The maximum Gasteiger partial charge on any atom is 0.408 e. The smallest absolute Gasteiger partial charge is 0.408 e. The number of carboxylic acid groups (broad SMARTS) is 1. The first-order valence-electron chi connectivity index (χ1n) is 13.1. The first-order valence-corrected chi connectivity index (χ1v) is 13.1. The van der Waals surface area contributed by atoms with Crippen LogP contribution in [0.2, 0.25) is 0 Å². The predicted octanol–water partition coefficient (Wildman–Crippen LogP) is 5.68. The number of pyridine rings is 1. The van der Waals surface area contributed by atoms with Crippen molar-refractivity contribution in [3.8, 4) is 33.8 Å². The van der Waals surface area contributed by atoms with Crippen molar-refractivity contribution in [3.63, 3.8) is 0 Å². The van der Waals surface area contributed by atoms with Crippen molar-refractivity contribution in [1.29, 1.82) is 0 Å². The van der Waals surface area contributed by atoms with Crippen LogP contribution in [-0.2, 0) is 18.5 Å². The number of aromatic amines is 1. The molecule has 0 atom stereocenters. The maximum absolute atomic E-state index is 12.4. The molecule has 2 aromatic carbocycles. The van der Waals surface area contributed by atoms with Crippen LogP contribution in [0.4, 0.5) is 4.79 Å². The third-order valence-electron chi connectivity index (χ3n) is 7.92. The SMILES string of the molecule is CC(C)(C)N(C(=O)O)C1(c2ccc(-c3nc4c(cc3-c3ccccc3)-c3n[nH]c(=O)n3CC4)cc2)CCC1. The Labute approximate surface area is 221 Å².